The summed E-state index contributed by atoms with van der Waals surface area (Å²) in [5, 5.41) is 20.6. The van der Waals surface area contributed by atoms with Crippen LogP contribution >= 0.6 is 0 Å². The van der Waals surface area contributed by atoms with E-state index in [1.54, 1.807) is 0 Å². The summed E-state index contributed by atoms with van der Waals surface area (Å²) in [6, 6.07) is 0. The van der Waals surface area contributed by atoms with Crippen molar-refractivity contribution >= 4 is 5.97 Å². The minimum absolute atomic E-state index is 0.00378. The van der Waals surface area contributed by atoms with Gasteiger partial charge in [-0.3, -0.25) is 0 Å². The molecule has 0 radical (unpaired) electrons. The Hall–Kier alpha value is -1.17. The predicted molar refractivity (Wildman–Crippen MR) is 91.6 cm³/mol. The molecule has 3 fully saturated rings. The second kappa shape index (κ2) is 5.66. The third-order valence-corrected chi connectivity index (χ3v) is 7.52. The monoisotopic (exact) mass is 348 g/mol. The first kappa shape index (κ1) is 17.3. The molecule has 2 N–H and O–H groups in total. The molecule has 2 aliphatic carbocycles. The summed E-state index contributed by atoms with van der Waals surface area (Å²) in [7, 11) is 0. The Balaban J connectivity index is 1.68. The van der Waals surface area contributed by atoms with Crippen LogP contribution in [-0.4, -0.2) is 47.7 Å². The lowest BCUT2D eigenvalue weighted by Gasteiger charge is -2.60. The van der Waals surface area contributed by atoms with Crippen molar-refractivity contribution in [2.24, 2.45) is 22.7 Å². The number of aliphatic hydroxyl groups excluding tert-OH is 2. The van der Waals surface area contributed by atoms with Crippen molar-refractivity contribution in [3.05, 3.63) is 23.8 Å². The summed E-state index contributed by atoms with van der Waals surface area (Å²) in [6.07, 6.45) is 8.85. The number of fused-ring (bicyclic) bond motifs is 1. The topological polar surface area (TPSA) is 79.3 Å². The van der Waals surface area contributed by atoms with Crippen LogP contribution in [-0.2, 0) is 14.3 Å². The minimum Gasteiger partial charge on any atom is -0.458 e. The molecule has 25 heavy (non-hydrogen) atoms. The quantitative estimate of drug-likeness (QED) is 0.602. The molecular formula is C20H28O5. The fourth-order valence-corrected chi connectivity index (χ4v) is 5.85. The van der Waals surface area contributed by atoms with E-state index < -0.39 is 11.5 Å². The number of hydrogen-bond acceptors (Lipinski definition) is 5. The zero-order valence-corrected chi connectivity index (χ0v) is 15.0. The summed E-state index contributed by atoms with van der Waals surface area (Å²) in [5.74, 6) is 0.132. The zero-order valence-electron chi connectivity index (χ0n) is 15.0. The van der Waals surface area contributed by atoms with E-state index in [1.165, 1.54) is 0 Å². The molecule has 1 spiro atoms. The molecule has 0 bridgehead atoms. The molecule has 138 valence electrons. The van der Waals surface area contributed by atoms with Crippen LogP contribution < -0.4 is 0 Å². The van der Waals surface area contributed by atoms with E-state index >= 15 is 0 Å². The fourth-order valence-electron chi connectivity index (χ4n) is 5.85. The standard InChI is InChI=1S/C20H28O5/c1-18-8-6-16(22)19(2,11-21)14(18)5-9-20(12-25-20)15(18)4-3-13-7-10-24-17(13)23/h3-4,7,14-16,21-22H,5-6,8-12H2,1-2H3/b4-3+/t14?,15?,16-,18-,19-,20?/m0/s1. The number of aliphatic hydroxyl groups is 2. The van der Waals surface area contributed by atoms with E-state index in [2.05, 4.69) is 13.0 Å². The van der Waals surface area contributed by atoms with Crippen molar-refractivity contribution in [1.82, 2.24) is 0 Å². The maximum atomic E-state index is 11.7. The van der Waals surface area contributed by atoms with Crippen LogP contribution in [0.25, 0.3) is 0 Å². The number of esters is 1. The molecular weight excluding hydrogens is 320 g/mol. The lowest BCUT2D eigenvalue weighted by molar-refractivity contribution is -0.167. The molecule has 5 heteroatoms. The number of hydrogen-bond donors (Lipinski definition) is 2. The molecule has 0 amide bonds. The Bertz CT molecular complexity index is 634. The Morgan fingerprint density at radius 2 is 2.08 bits per heavy atom. The normalized spacial score (nSPS) is 49.2. The minimum atomic E-state index is -0.485. The van der Waals surface area contributed by atoms with E-state index in [1.807, 2.05) is 19.1 Å². The van der Waals surface area contributed by atoms with Gasteiger partial charge in [-0.15, -0.1) is 0 Å². The molecule has 2 saturated carbocycles. The molecule has 4 aliphatic rings. The van der Waals surface area contributed by atoms with Crippen LogP contribution in [0.15, 0.2) is 23.8 Å². The van der Waals surface area contributed by atoms with Gasteiger partial charge >= 0.3 is 5.97 Å². The summed E-state index contributed by atoms with van der Waals surface area (Å²) in [6.45, 7) is 5.39. The highest BCUT2D eigenvalue weighted by molar-refractivity contribution is 5.93. The van der Waals surface area contributed by atoms with Gasteiger partial charge in [-0.2, -0.15) is 0 Å². The molecule has 0 aromatic heterocycles. The molecule has 2 heterocycles. The third-order valence-electron chi connectivity index (χ3n) is 7.52. The number of rotatable bonds is 3. The largest absolute Gasteiger partial charge is 0.458 e. The van der Waals surface area contributed by atoms with Crippen molar-refractivity contribution in [3.8, 4) is 0 Å². The molecule has 3 unspecified atom stereocenters. The average molecular weight is 348 g/mol. The number of cyclic esters (lactones) is 1. The third kappa shape index (κ3) is 2.43. The molecule has 2 aliphatic heterocycles. The Morgan fingerprint density at radius 1 is 1.32 bits per heavy atom. The second-order valence-electron chi connectivity index (χ2n) is 8.76. The van der Waals surface area contributed by atoms with E-state index in [-0.39, 0.29) is 35.4 Å². The molecule has 1 saturated heterocycles. The van der Waals surface area contributed by atoms with Gasteiger partial charge in [0.15, 0.2) is 0 Å². The molecule has 4 rings (SSSR count). The maximum absolute atomic E-state index is 11.7. The molecule has 6 atom stereocenters. The van der Waals surface area contributed by atoms with Crippen molar-refractivity contribution in [2.75, 3.05) is 19.8 Å². The van der Waals surface area contributed by atoms with Gasteiger partial charge in [-0.1, -0.05) is 26.0 Å². The van der Waals surface area contributed by atoms with Gasteiger partial charge in [0.2, 0.25) is 0 Å². The van der Waals surface area contributed by atoms with Crippen LogP contribution in [0.5, 0.6) is 0 Å². The van der Waals surface area contributed by atoms with Gasteiger partial charge in [0.1, 0.15) is 6.61 Å². The highest BCUT2D eigenvalue weighted by atomic mass is 16.6. The second-order valence-corrected chi connectivity index (χ2v) is 8.76. The predicted octanol–water partition coefficient (Wildman–Crippen LogP) is 1.98. The Morgan fingerprint density at radius 3 is 2.68 bits per heavy atom. The van der Waals surface area contributed by atoms with Crippen LogP contribution in [0.4, 0.5) is 0 Å². The van der Waals surface area contributed by atoms with E-state index in [9.17, 15) is 15.0 Å². The zero-order chi connectivity index (χ0) is 17.9. The molecule has 5 nitrogen and oxygen atoms in total. The SMILES string of the molecule is C[C@]12CC[C@H](O)[C@@](C)(CO)C1CCC1(CO1)C2/C=C/C1=CCOC1=O. The Labute approximate surface area is 148 Å². The van der Waals surface area contributed by atoms with Gasteiger partial charge in [0.25, 0.3) is 0 Å². The molecule has 0 aromatic carbocycles. The van der Waals surface area contributed by atoms with Crippen LogP contribution in [0, 0.1) is 22.7 Å². The highest BCUT2D eigenvalue weighted by Crippen LogP contribution is 2.65. The lowest BCUT2D eigenvalue weighted by Crippen LogP contribution is -2.60. The number of epoxide rings is 1. The fraction of sp³-hybridized carbons (Fsp3) is 0.750. The van der Waals surface area contributed by atoms with Crippen LogP contribution in [0.3, 0.4) is 0 Å². The smallest absolute Gasteiger partial charge is 0.338 e. The first-order valence-corrected chi connectivity index (χ1v) is 9.34. The van der Waals surface area contributed by atoms with E-state index in [4.69, 9.17) is 9.47 Å². The summed E-state index contributed by atoms with van der Waals surface area (Å²) in [4.78, 5) is 11.7. The van der Waals surface area contributed by atoms with Crippen molar-refractivity contribution in [1.29, 1.82) is 0 Å². The summed E-state index contributed by atoms with van der Waals surface area (Å²) < 4.78 is 10.9. The average Bonchev–Trinajstić information content (AvgIpc) is 3.24. The van der Waals surface area contributed by atoms with Crippen molar-refractivity contribution < 1.29 is 24.5 Å². The van der Waals surface area contributed by atoms with Gasteiger partial charge in [0.05, 0.1) is 30.5 Å². The Kier molecular flexibility index (Phi) is 3.91. The lowest BCUT2D eigenvalue weighted by atomic mass is 9.45. The first-order chi connectivity index (χ1) is 11.9. The van der Waals surface area contributed by atoms with Gasteiger partial charge < -0.3 is 19.7 Å². The summed E-state index contributed by atoms with van der Waals surface area (Å²) >= 11 is 0. The highest BCUT2D eigenvalue weighted by Gasteiger charge is 2.66. The van der Waals surface area contributed by atoms with Gasteiger partial charge in [-0.25, -0.2) is 4.79 Å². The van der Waals surface area contributed by atoms with E-state index in [0.717, 1.165) is 25.9 Å². The first-order valence-electron chi connectivity index (χ1n) is 9.34. The number of carbonyl (C=O) groups excluding carboxylic acids is 1. The number of carbonyl (C=O) groups is 1. The van der Waals surface area contributed by atoms with Crippen LogP contribution in [0.2, 0.25) is 0 Å². The van der Waals surface area contributed by atoms with Crippen molar-refractivity contribution in [2.45, 2.75) is 51.2 Å². The molecule has 0 aromatic rings. The van der Waals surface area contributed by atoms with E-state index in [0.29, 0.717) is 18.6 Å². The van der Waals surface area contributed by atoms with Crippen LogP contribution in [0.1, 0.15) is 39.5 Å². The summed E-state index contributed by atoms with van der Waals surface area (Å²) in [5.41, 5.74) is -0.0716. The van der Waals surface area contributed by atoms with Crippen molar-refractivity contribution in [3.63, 3.8) is 0 Å². The maximum Gasteiger partial charge on any atom is 0.338 e. The van der Waals surface area contributed by atoms with Gasteiger partial charge in [-0.05, 0) is 43.1 Å². The number of ether oxygens (including phenoxy) is 2. The van der Waals surface area contributed by atoms with Gasteiger partial charge in [0, 0.05) is 11.3 Å².